The van der Waals surface area contributed by atoms with E-state index in [1.54, 1.807) is 0 Å². The van der Waals surface area contributed by atoms with E-state index in [1.165, 1.54) is 17.9 Å². The molecule has 1 atom stereocenters. The number of para-hydroxylation sites is 2. The molecule has 1 aromatic heterocycles. The summed E-state index contributed by atoms with van der Waals surface area (Å²) in [5.41, 5.74) is 1.23. The first kappa shape index (κ1) is 11.8. The van der Waals surface area contributed by atoms with Crippen LogP contribution in [0, 0.1) is 0 Å². The summed E-state index contributed by atoms with van der Waals surface area (Å²) in [6, 6.07) is 7.33. The summed E-state index contributed by atoms with van der Waals surface area (Å²) in [7, 11) is 1.51. The van der Waals surface area contributed by atoms with E-state index in [1.807, 2.05) is 24.3 Å². The van der Waals surface area contributed by atoms with Gasteiger partial charge in [0.2, 0.25) is 0 Å². The quantitative estimate of drug-likeness (QED) is 0.832. The molecule has 0 saturated heterocycles. The third-order valence-electron chi connectivity index (χ3n) is 2.51. The molecule has 2 aromatic rings. The Hall–Kier alpha value is -1.72. The number of benzene rings is 1. The summed E-state index contributed by atoms with van der Waals surface area (Å²) in [6.45, 7) is 0.402. The summed E-state index contributed by atoms with van der Waals surface area (Å²) in [6.07, 6.45) is 0.561. The van der Waals surface area contributed by atoms with Crippen molar-refractivity contribution in [3.63, 3.8) is 0 Å². The maximum Gasteiger partial charge on any atom is 0.269 e. The molecular weight excluding hydrogens is 220 g/mol. The number of hydrogen-bond donors (Lipinski definition) is 1. The zero-order valence-electron chi connectivity index (χ0n) is 9.54. The van der Waals surface area contributed by atoms with Gasteiger partial charge in [-0.2, -0.15) is 0 Å². The summed E-state index contributed by atoms with van der Waals surface area (Å²) in [5.74, 6) is 0. The zero-order valence-corrected chi connectivity index (χ0v) is 9.54. The van der Waals surface area contributed by atoms with Crippen LogP contribution in [0.4, 0.5) is 0 Å². The molecule has 0 aliphatic rings. The fourth-order valence-corrected chi connectivity index (χ4v) is 1.76. The molecule has 0 aliphatic carbocycles. The minimum absolute atomic E-state index is 0.198. The van der Waals surface area contributed by atoms with Crippen molar-refractivity contribution in [2.24, 2.45) is 0 Å². The van der Waals surface area contributed by atoms with Gasteiger partial charge in [0.15, 0.2) is 0 Å². The highest BCUT2D eigenvalue weighted by atomic mass is 16.5. The molecule has 1 heterocycles. The van der Waals surface area contributed by atoms with E-state index in [2.05, 4.69) is 4.98 Å². The maximum absolute atomic E-state index is 11.7. The lowest BCUT2D eigenvalue weighted by atomic mass is 10.2. The van der Waals surface area contributed by atoms with Gasteiger partial charge in [-0.3, -0.25) is 4.79 Å². The lowest BCUT2D eigenvalue weighted by molar-refractivity contribution is 0.0538. The molecule has 0 fully saturated rings. The van der Waals surface area contributed by atoms with Gasteiger partial charge >= 0.3 is 0 Å². The third kappa shape index (κ3) is 2.51. The maximum atomic E-state index is 11.7. The Morgan fingerprint density at radius 3 is 3.00 bits per heavy atom. The molecule has 2 rings (SSSR count). The van der Waals surface area contributed by atoms with Crippen LogP contribution in [0.1, 0.15) is 0 Å². The molecule has 1 aromatic carbocycles. The Balaban J connectivity index is 2.44. The lowest BCUT2D eigenvalue weighted by Crippen LogP contribution is -2.29. The molecular formula is C12H14N2O3. The van der Waals surface area contributed by atoms with Crippen molar-refractivity contribution < 1.29 is 9.84 Å². The Labute approximate surface area is 98.3 Å². The first-order valence-electron chi connectivity index (χ1n) is 5.34. The van der Waals surface area contributed by atoms with E-state index in [-0.39, 0.29) is 18.7 Å². The molecule has 0 bridgehead atoms. The van der Waals surface area contributed by atoms with E-state index in [0.717, 1.165) is 11.0 Å². The number of aliphatic hydroxyl groups is 1. The highest BCUT2D eigenvalue weighted by Gasteiger charge is 2.09. The summed E-state index contributed by atoms with van der Waals surface area (Å²) >= 11 is 0. The van der Waals surface area contributed by atoms with Gasteiger partial charge in [-0.1, -0.05) is 12.1 Å². The molecule has 5 nitrogen and oxygen atoms in total. The molecule has 0 amide bonds. The number of ether oxygens (including phenoxy) is 1. The highest BCUT2D eigenvalue weighted by molar-refractivity contribution is 5.74. The van der Waals surface area contributed by atoms with Gasteiger partial charge < -0.3 is 14.4 Å². The molecule has 0 radical (unpaired) electrons. The van der Waals surface area contributed by atoms with Crippen molar-refractivity contribution in [2.75, 3.05) is 13.7 Å². The second-order valence-electron chi connectivity index (χ2n) is 3.80. The van der Waals surface area contributed by atoms with Crippen molar-refractivity contribution in [3.05, 3.63) is 40.8 Å². The van der Waals surface area contributed by atoms with Crippen LogP contribution in [0.5, 0.6) is 0 Å². The molecule has 0 aliphatic heterocycles. The highest BCUT2D eigenvalue weighted by Crippen LogP contribution is 2.08. The van der Waals surface area contributed by atoms with Crippen molar-refractivity contribution in [2.45, 2.75) is 12.6 Å². The van der Waals surface area contributed by atoms with E-state index < -0.39 is 6.10 Å². The average Bonchev–Trinajstić information content (AvgIpc) is 2.33. The normalized spacial score (nSPS) is 12.8. The van der Waals surface area contributed by atoms with E-state index in [9.17, 15) is 9.90 Å². The summed E-state index contributed by atoms with van der Waals surface area (Å²) in [5, 5.41) is 9.68. The van der Waals surface area contributed by atoms with E-state index >= 15 is 0 Å². The number of aromatic nitrogens is 2. The van der Waals surface area contributed by atoms with Crippen molar-refractivity contribution in [3.8, 4) is 0 Å². The molecule has 1 unspecified atom stereocenters. The Bertz CT molecular complexity index is 565. The van der Waals surface area contributed by atoms with Gasteiger partial charge in [-0.15, -0.1) is 0 Å². The first-order valence-corrected chi connectivity index (χ1v) is 5.34. The lowest BCUT2D eigenvalue weighted by Gasteiger charge is -2.13. The van der Waals surface area contributed by atoms with Gasteiger partial charge in [0, 0.05) is 7.11 Å². The third-order valence-corrected chi connectivity index (χ3v) is 2.51. The standard InChI is InChI=1S/C12H14N2O3/c1-17-8-9(15)7-14-11-5-3-2-4-10(11)13-6-12(14)16/h2-6,9,15H,7-8H2,1H3. The van der Waals surface area contributed by atoms with Crippen LogP contribution < -0.4 is 5.56 Å². The smallest absolute Gasteiger partial charge is 0.269 e. The van der Waals surface area contributed by atoms with Crippen molar-refractivity contribution >= 4 is 11.0 Å². The molecule has 1 N–H and O–H groups in total. The first-order chi connectivity index (χ1) is 8.22. The molecule has 90 valence electrons. The molecule has 17 heavy (non-hydrogen) atoms. The SMILES string of the molecule is COCC(O)Cn1c(=O)cnc2ccccc21. The van der Waals surface area contributed by atoms with Crippen LogP contribution >= 0.6 is 0 Å². The Morgan fingerprint density at radius 2 is 2.24 bits per heavy atom. The van der Waals surface area contributed by atoms with Crippen LogP contribution in [0.3, 0.4) is 0 Å². The average molecular weight is 234 g/mol. The van der Waals surface area contributed by atoms with Crippen LogP contribution in [-0.4, -0.2) is 34.5 Å². The van der Waals surface area contributed by atoms with Gasteiger partial charge in [0.1, 0.15) is 0 Å². The second kappa shape index (κ2) is 5.07. The number of hydrogen-bond acceptors (Lipinski definition) is 4. The van der Waals surface area contributed by atoms with Gasteiger partial charge in [-0.05, 0) is 12.1 Å². The summed E-state index contributed by atoms with van der Waals surface area (Å²) < 4.78 is 6.35. The Morgan fingerprint density at radius 1 is 1.47 bits per heavy atom. The topological polar surface area (TPSA) is 64.3 Å². The predicted molar refractivity (Wildman–Crippen MR) is 63.9 cm³/mol. The minimum Gasteiger partial charge on any atom is -0.389 e. The number of aliphatic hydroxyl groups excluding tert-OH is 1. The van der Waals surface area contributed by atoms with E-state index in [0.29, 0.717) is 0 Å². The van der Waals surface area contributed by atoms with Crippen molar-refractivity contribution in [1.29, 1.82) is 0 Å². The Kier molecular flexibility index (Phi) is 3.51. The van der Waals surface area contributed by atoms with Crippen LogP contribution in [0.25, 0.3) is 11.0 Å². The summed E-state index contributed by atoms with van der Waals surface area (Å²) in [4.78, 5) is 15.8. The fourth-order valence-electron chi connectivity index (χ4n) is 1.76. The largest absolute Gasteiger partial charge is 0.389 e. The molecule has 0 spiro atoms. The van der Waals surface area contributed by atoms with Gasteiger partial charge in [0.25, 0.3) is 5.56 Å². The number of fused-ring (bicyclic) bond motifs is 1. The van der Waals surface area contributed by atoms with Crippen LogP contribution in [0.15, 0.2) is 35.3 Å². The second-order valence-corrected chi connectivity index (χ2v) is 3.80. The number of nitrogens with zero attached hydrogens (tertiary/aromatic N) is 2. The van der Waals surface area contributed by atoms with Crippen LogP contribution in [0.2, 0.25) is 0 Å². The van der Waals surface area contributed by atoms with Crippen molar-refractivity contribution in [1.82, 2.24) is 9.55 Å². The van der Waals surface area contributed by atoms with Gasteiger partial charge in [0.05, 0.1) is 36.5 Å². The van der Waals surface area contributed by atoms with Gasteiger partial charge in [-0.25, -0.2) is 4.98 Å². The predicted octanol–water partition coefficient (Wildman–Crippen LogP) is 0.404. The zero-order chi connectivity index (χ0) is 12.3. The molecule has 0 saturated carbocycles. The fraction of sp³-hybridized carbons (Fsp3) is 0.333. The molecule has 5 heteroatoms. The number of rotatable bonds is 4. The minimum atomic E-state index is -0.705. The van der Waals surface area contributed by atoms with Crippen LogP contribution in [-0.2, 0) is 11.3 Å². The number of methoxy groups -OCH3 is 1. The van der Waals surface area contributed by atoms with E-state index in [4.69, 9.17) is 4.74 Å². The monoisotopic (exact) mass is 234 g/mol.